The molecule has 0 bridgehead atoms. The van der Waals surface area contributed by atoms with Gasteiger partial charge in [-0.25, -0.2) is 4.39 Å². The molecule has 2 aliphatic heterocycles. The first-order valence-corrected chi connectivity index (χ1v) is 6.65. The quantitative estimate of drug-likeness (QED) is 0.874. The molecule has 1 saturated heterocycles. The Bertz CT molecular complexity index is 430. The highest BCUT2D eigenvalue weighted by Crippen LogP contribution is 2.34. The highest BCUT2D eigenvalue weighted by atomic mass is 19.1. The highest BCUT2D eigenvalue weighted by molar-refractivity contribution is 5.45. The van der Waals surface area contributed by atoms with E-state index >= 15 is 0 Å². The first-order chi connectivity index (χ1) is 8.84. The number of halogens is 1. The molecule has 0 amide bonds. The molecule has 2 heterocycles. The van der Waals surface area contributed by atoms with E-state index in [0.29, 0.717) is 30.8 Å². The van der Waals surface area contributed by atoms with Crippen LogP contribution in [0.4, 0.5) is 4.39 Å². The Kier molecular flexibility index (Phi) is 3.37. The number of hydrogen-bond acceptors (Lipinski definition) is 3. The van der Waals surface area contributed by atoms with E-state index in [1.54, 1.807) is 0 Å². The second-order valence-electron chi connectivity index (χ2n) is 4.91. The second kappa shape index (κ2) is 5.14. The van der Waals surface area contributed by atoms with Crippen molar-refractivity contribution in [3.63, 3.8) is 0 Å². The molecule has 3 nitrogen and oxygen atoms in total. The number of ether oxygens (including phenoxy) is 2. The van der Waals surface area contributed by atoms with Crippen molar-refractivity contribution < 1.29 is 13.9 Å². The molecule has 1 N–H and O–H groups in total. The number of fused-ring (bicyclic) bond motifs is 1. The van der Waals surface area contributed by atoms with Gasteiger partial charge in [-0.1, -0.05) is 6.07 Å². The zero-order chi connectivity index (χ0) is 12.4. The van der Waals surface area contributed by atoms with Crippen LogP contribution in [0.1, 0.15) is 24.8 Å². The van der Waals surface area contributed by atoms with Crippen molar-refractivity contribution in [3.05, 3.63) is 23.5 Å². The number of hydrogen-bond donors (Lipinski definition) is 1. The molecular formula is C14H18FNO2. The fourth-order valence-electron chi connectivity index (χ4n) is 2.60. The van der Waals surface area contributed by atoms with Crippen molar-refractivity contribution in [2.75, 3.05) is 19.8 Å². The molecule has 4 heteroatoms. The van der Waals surface area contributed by atoms with Crippen LogP contribution in [0, 0.1) is 5.82 Å². The van der Waals surface area contributed by atoms with Crippen LogP contribution < -0.4 is 14.8 Å². The fourth-order valence-corrected chi connectivity index (χ4v) is 2.60. The molecule has 0 saturated carbocycles. The average Bonchev–Trinajstić information content (AvgIpc) is 2.76. The van der Waals surface area contributed by atoms with Crippen LogP contribution in [0.2, 0.25) is 0 Å². The minimum absolute atomic E-state index is 0.247. The van der Waals surface area contributed by atoms with Crippen molar-refractivity contribution in [2.24, 2.45) is 0 Å². The monoisotopic (exact) mass is 251 g/mol. The molecule has 1 atom stereocenters. The zero-order valence-corrected chi connectivity index (χ0v) is 10.4. The Morgan fingerprint density at radius 3 is 2.94 bits per heavy atom. The van der Waals surface area contributed by atoms with Crippen molar-refractivity contribution >= 4 is 0 Å². The van der Waals surface area contributed by atoms with Gasteiger partial charge in [0.05, 0.1) is 13.2 Å². The minimum atomic E-state index is -0.247. The third-order valence-electron chi connectivity index (χ3n) is 3.56. The smallest absolute Gasteiger partial charge is 0.197 e. The van der Waals surface area contributed by atoms with Crippen LogP contribution >= 0.6 is 0 Å². The Balaban J connectivity index is 1.84. The van der Waals surface area contributed by atoms with Crippen LogP contribution in [-0.4, -0.2) is 25.8 Å². The Labute approximate surface area is 106 Å². The molecule has 2 aliphatic rings. The van der Waals surface area contributed by atoms with Crippen LogP contribution in [0.5, 0.6) is 11.5 Å². The maximum absolute atomic E-state index is 14.4. The maximum atomic E-state index is 14.4. The van der Waals surface area contributed by atoms with Crippen molar-refractivity contribution in [1.29, 1.82) is 0 Å². The first kappa shape index (κ1) is 11.8. The average molecular weight is 251 g/mol. The molecule has 1 fully saturated rings. The van der Waals surface area contributed by atoms with E-state index in [9.17, 15) is 4.39 Å². The third kappa shape index (κ3) is 2.29. The van der Waals surface area contributed by atoms with Crippen LogP contribution in [0.3, 0.4) is 0 Å². The van der Waals surface area contributed by atoms with Gasteiger partial charge in [-0.3, -0.25) is 0 Å². The maximum Gasteiger partial charge on any atom is 0.197 e. The van der Waals surface area contributed by atoms with Gasteiger partial charge < -0.3 is 14.8 Å². The lowest BCUT2D eigenvalue weighted by Crippen LogP contribution is -2.24. The molecule has 0 spiro atoms. The molecule has 0 radical (unpaired) electrons. The minimum Gasteiger partial charge on any atom is -0.489 e. The van der Waals surface area contributed by atoms with Gasteiger partial charge in [-0.15, -0.1) is 0 Å². The lowest BCUT2D eigenvalue weighted by Gasteiger charge is -2.14. The summed E-state index contributed by atoms with van der Waals surface area (Å²) in [6, 6.07) is 4.04. The lowest BCUT2D eigenvalue weighted by molar-refractivity contribution is 0.291. The van der Waals surface area contributed by atoms with E-state index in [0.717, 1.165) is 31.4 Å². The molecule has 0 aliphatic carbocycles. The molecule has 1 unspecified atom stereocenters. The summed E-state index contributed by atoms with van der Waals surface area (Å²) in [7, 11) is 0. The second-order valence-corrected chi connectivity index (χ2v) is 4.91. The molecule has 1 aromatic carbocycles. The lowest BCUT2D eigenvalue weighted by atomic mass is 10.0. The van der Waals surface area contributed by atoms with Gasteiger partial charge in [0, 0.05) is 12.5 Å². The molecular weight excluding hydrogens is 233 g/mol. The number of nitrogens with one attached hydrogen (secondary N) is 1. The fraction of sp³-hybridized carbons (Fsp3) is 0.571. The van der Waals surface area contributed by atoms with Crippen molar-refractivity contribution in [3.8, 4) is 11.5 Å². The topological polar surface area (TPSA) is 30.5 Å². The van der Waals surface area contributed by atoms with E-state index in [-0.39, 0.29) is 5.82 Å². The van der Waals surface area contributed by atoms with Crippen LogP contribution in [-0.2, 0) is 6.42 Å². The van der Waals surface area contributed by atoms with Gasteiger partial charge in [0.1, 0.15) is 0 Å². The Morgan fingerprint density at radius 2 is 2.11 bits per heavy atom. The zero-order valence-electron chi connectivity index (χ0n) is 10.4. The molecule has 1 aromatic rings. The van der Waals surface area contributed by atoms with E-state index < -0.39 is 0 Å². The standard InChI is InChI=1S/C14H18FNO2/c15-13-10(9-11-3-1-6-16-11)4-5-12-14(13)18-8-2-7-17-12/h4-5,11,16H,1-3,6-9H2. The normalized spacial score (nSPS) is 22.8. The van der Waals surface area contributed by atoms with Crippen LogP contribution in [0.25, 0.3) is 0 Å². The summed E-state index contributed by atoms with van der Waals surface area (Å²) < 4.78 is 25.3. The molecule has 18 heavy (non-hydrogen) atoms. The first-order valence-electron chi connectivity index (χ1n) is 6.65. The number of rotatable bonds is 2. The van der Waals surface area contributed by atoms with Crippen molar-refractivity contribution in [2.45, 2.75) is 31.7 Å². The summed E-state index contributed by atoms with van der Waals surface area (Å²) in [5.41, 5.74) is 0.721. The van der Waals surface area contributed by atoms with Crippen molar-refractivity contribution in [1.82, 2.24) is 5.32 Å². The van der Waals surface area contributed by atoms with E-state index in [2.05, 4.69) is 5.32 Å². The summed E-state index contributed by atoms with van der Waals surface area (Å²) in [6.45, 7) is 2.15. The summed E-state index contributed by atoms with van der Waals surface area (Å²) in [6.07, 6.45) is 3.82. The van der Waals surface area contributed by atoms with Gasteiger partial charge >= 0.3 is 0 Å². The van der Waals surface area contributed by atoms with Crippen LogP contribution in [0.15, 0.2) is 12.1 Å². The predicted molar refractivity (Wildman–Crippen MR) is 66.7 cm³/mol. The van der Waals surface area contributed by atoms with Gasteiger partial charge in [-0.05, 0) is 37.4 Å². The summed E-state index contributed by atoms with van der Waals surface area (Å²) >= 11 is 0. The Hall–Kier alpha value is -1.29. The summed E-state index contributed by atoms with van der Waals surface area (Å²) in [5, 5.41) is 3.39. The third-order valence-corrected chi connectivity index (χ3v) is 3.56. The highest BCUT2D eigenvalue weighted by Gasteiger charge is 2.21. The SMILES string of the molecule is Fc1c(CC2CCCN2)ccc2c1OCCCO2. The number of benzene rings is 1. The van der Waals surface area contributed by atoms with Gasteiger partial charge in [-0.2, -0.15) is 0 Å². The van der Waals surface area contributed by atoms with E-state index in [1.165, 1.54) is 6.42 Å². The molecule has 3 rings (SSSR count). The predicted octanol–water partition coefficient (Wildman–Crippen LogP) is 2.28. The van der Waals surface area contributed by atoms with Gasteiger partial charge in [0.15, 0.2) is 17.3 Å². The Morgan fingerprint density at radius 1 is 1.22 bits per heavy atom. The summed E-state index contributed by atoms with van der Waals surface area (Å²) in [5.74, 6) is 0.583. The van der Waals surface area contributed by atoms with E-state index in [1.807, 2.05) is 12.1 Å². The molecule has 98 valence electrons. The summed E-state index contributed by atoms with van der Waals surface area (Å²) in [4.78, 5) is 0. The van der Waals surface area contributed by atoms with E-state index in [4.69, 9.17) is 9.47 Å². The molecule has 0 aromatic heterocycles. The van der Waals surface area contributed by atoms with Gasteiger partial charge in [0.25, 0.3) is 0 Å². The van der Waals surface area contributed by atoms with Gasteiger partial charge in [0.2, 0.25) is 0 Å². The largest absolute Gasteiger partial charge is 0.489 e.